The highest BCUT2D eigenvalue weighted by atomic mass is 35.5. The maximum Gasteiger partial charge on any atom is 0.523 e. The van der Waals surface area contributed by atoms with Crippen LogP contribution in [-0.4, -0.2) is 22.1 Å². The number of nitrogens with zero attached hydrogens (tertiary/aromatic N) is 2. The zero-order valence-electron chi connectivity index (χ0n) is 11.1. The lowest BCUT2D eigenvalue weighted by Gasteiger charge is -2.66. The number of hydrogen-bond donors (Lipinski definition) is 1. The van der Waals surface area contributed by atoms with Crippen molar-refractivity contribution in [1.82, 2.24) is 10.2 Å². The Bertz CT molecular complexity index is 551. The minimum Gasteiger partial charge on any atom is -0.421 e. The molecule has 21 heavy (non-hydrogen) atoms. The molecule has 4 fully saturated rings. The van der Waals surface area contributed by atoms with E-state index >= 15 is 0 Å². The van der Waals surface area contributed by atoms with Crippen molar-refractivity contribution in [2.24, 2.45) is 5.73 Å². The molecule has 118 valence electrons. The van der Waals surface area contributed by atoms with Gasteiger partial charge in [-0.15, -0.1) is 35.8 Å². The van der Waals surface area contributed by atoms with E-state index in [2.05, 4.69) is 14.9 Å². The first kappa shape index (κ1) is 15.1. The largest absolute Gasteiger partial charge is 0.523 e. The fraction of sp³-hybridized carbons (Fsp3) is 0.833. The molecule has 0 aromatic carbocycles. The van der Waals surface area contributed by atoms with Crippen LogP contribution in [0.15, 0.2) is 4.42 Å². The minimum atomic E-state index is -4.70. The zero-order valence-corrected chi connectivity index (χ0v) is 11.9. The summed E-state index contributed by atoms with van der Waals surface area (Å²) in [5, 5.41) is 7.74. The van der Waals surface area contributed by atoms with Gasteiger partial charge in [-0.3, -0.25) is 4.74 Å². The van der Waals surface area contributed by atoms with Crippen LogP contribution in [0.1, 0.15) is 50.3 Å². The molecule has 4 aliphatic rings. The average molecular weight is 326 g/mol. The highest BCUT2D eigenvalue weighted by Gasteiger charge is 2.69. The topological polar surface area (TPSA) is 74.2 Å². The van der Waals surface area contributed by atoms with Crippen molar-refractivity contribution < 1.29 is 22.3 Å². The van der Waals surface area contributed by atoms with Crippen molar-refractivity contribution in [1.29, 1.82) is 0 Å². The van der Waals surface area contributed by atoms with Gasteiger partial charge in [0.15, 0.2) is 5.60 Å². The molecular formula is C12H15ClF3N3O2. The highest BCUT2D eigenvalue weighted by Crippen LogP contribution is 2.66. The molecule has 2 bridgehead atoms. The first-order valence-electron chi connectivity index (χ1n) is 6.65. The van der Waals surface area contributed by atoms with Gasteiger partial charge in [0.25, 0.3) is 0 Å². The SMILES string of the molecule is Cl.N[C@]12C[C@](c3nnc(C4(OC(F)(F)F)CCC4)o3)(C1)C2. The van der Waals surface area contributed by atoms with Crippen molar-refractivity contribution in [2.45, 2.75) is 61.4 Å². The normalized spacial score (nSPS) is 36.0. The Labute approximate surface area is 124 Å². The summed E-state index contributed by atoms with van der Waals surface area (Å²) >= 11 is 0. The van der Waals surface area contributed by atoms with Gasteiger partial charge in [-0.2, -0.15) is 0 Å². The van der Waals surface area contributed by atoms with E-state index in [9.17, 15) is 13.2 Å². The molecule has 0 radical (unpaired) electrons. The Balaban J connectivity index is 0.00000132. The molecule has 2 N–H and O–H groups in total. The minimum absolute atomic E-state index is 0. The number of alkyl halides is 3. The van der Waals surface area contributed by atoms with E-state index in [-0.39, 0.29) is 42.1 Å². The third-order valence-electron chi connectivity index (χ3n) is 4.81. The quantitative estimate of drug-likeness (QED) is 0.924. The van der Waals surface area contributed by atoms with E-state index in [1.54, 1.807) is 0 Å². The van der Waals surface area contributed by atoms with Crippen molar-refractivity contribution in [3.8, 4) is 0 Å². The number of nitrogens with two attached hydrogens (primary N) is 1. The summed E-state index contributed by atoms with van der Waals surface area (Å²) in [5.74, 6) is 0.365. The maximum atomic E-state index is 12.5. The van der Waals surface area contributed by atoms with Crippen LogP contribution in [0, 0.1) is 0 Å². The summed E-state index contributed by atoms with van der Waals surface area (Å²) < 4.78 is 47.3. The molecule has 0 atom stereocenters. The zero-order chi connectivity index (χ0) is 14.2. The Morgan fingerprint density at radius 3 is 2.10 bits per heavy atom. The van der Waals surface area contributed by atoms with E-state index in [4.69, 9.17) is 10.2 Å². The smallest absolute Gasteiger partial charge is 0.421 e. The Morgan fingerprint density at radius 2 is 1.67 bits per heavy atom. The summed E-state index contributed by atoms with van der Waals surface area (Å²) in [6, 6.07) is 0. The lowest BCUT2D eigenvalue weighted by Crippen LogP contribution is -2.74. The van der Waals surface area contributed by atoms with Gasteiger partial charge in [0.2, 0.25) is 11.8 Å². The second-order valence-corrected chi connectivity index (χ2v) is 6.48. The van der Waals surface area contributed by atoms with Crippen LogP contribution < -0.4 is 5.73 Å². The molecule has 4 aliphatic carbocycles. The Hall–Kier alpha value is -0.860. The summed E-state index contributed by atoms with van der Waals surface area (Å²) in [4.78, 5) is 0. The molecule has 1 aromatic rings. The average Bonchev–Trinajstić information content (AvgIpc) is 2.65. The first-order valence-corrected chi connectivity index (χ1v) is 6.65. The molecule has 1 heterocycles. The number of hydrogen-bond acceptors (Lipinski definition) is 5. The Morgan fingerprint density at radius 1 is 1.10 bits per heavy atom. The van der Waals surface area contributed by atoms with Crippen LogP contribution in [0.25, 0.3) is 0 Å². The predicted molar refractivity (Wildman–Crippen MR) is 66.7 cm³/mol. The predicted octanol–water partition coefficient (Wildman–Crippen LogP) is 2.54. The lowest BCUT2D eigenvalue weighted by molar-refractivity contribution is -0.387. The molecule has 0 unspecified atom stereocenters. The van der Waals surface area contributed by atoms with Crippen LogP contribution in [0.5, 0.6) is 0 Å². The molecule has 0 spiro atoms. The lowest BCUT2D eigenvalue weighted by atomic mass is 9.40. The van der Waals surface area contributed by atoms with Gasteiger partial charge in [-0.25, -0.2) is 0 Å². The van der Waals surface area contributed by atoms with Gasteiger partial charge in [0.05, 0.1) is 5.41 Å². The summed E-state index contributed by atoms with van der Waals surface area (Å²) in [6.07, 6.45) is -1.22. The monoisotopic (exact) mass is 325 g/mol. The molecule has 5 rings (SSSR count). The number of ether oxygens (including phenoxy) is 1. The van der Waals surface area contributed by atoms with Crippen molar-refractivity contribution >= 4 is 12.4 Å². The molecule has 1 aromatic heterocycles. The molecule has 0 aliphatic heterocycles. The second-order valence-electron chi connectivity index (χ2n) is 6.48. The third kappa shape index (κ3) is 2.07. The molecule has 0 amide bonds. The fourth-order valence-corrected chi connectivity index (χ4v) is 3.79. The summed E-state index contributed by atoms with van der Waals surface area (Å²) in [7, 11) is 0. The molecular weight excluding hydrogens is 311 g/mol. The van der Waals surface area contributed by atoms with Gasteiger partial charge < -0.3 is 10.2 Å². The third-order valence-corrected chi connectivity index (χ3v) is 4.81. The van der Waals surface area contributed by atoms with Crippen molar-refractivity contribution in [2.75, 3.05) is 0 Å². The summed E-state index contributed by atoms with van der Waals surface area (Å²) in [6.45, 7) is 0. The fourth-order valence-electron chi connectivity index (χ4n) is 3.79. The van der Waals surface area contributed by atoms with Crippen LogP contribution in [0.2, 0.25) is 0 Å². The summed E-state index contributed by atoms with van der Waals surface area (Å²) in [5.41, 5.74) is 4.17. The van der Waals surface area contributed by atoms with Crippen LogP contribution in [-0.2, 0) is 15.8 Å². The number of aromatic nitrogens is 2. The Kier molecular flexibility index (Phi) is 2.95. The number of halogens is 4. The van der Waals surface area contributed by atoms with E-state index in [0.717, 1.165) is 19.3 Å². The van der Waals surface area contributed by atoms with E-state index in [1.807, 2.05) is 0 Å². The molecule has 5 nitrogen and oxygen atoms in total. The van der Waals surface area contributed by atoms with Crippen LogP contribution >= 0.6 is 12.4 Å². The van der Waals surface area contributed by atoms with Gasteiger partial charge in [-0.1, -0.05) is 0 Å². The van der Waals surface area contributed by atoms with Gasteiger partial charge in [0.1, 0.15) is 0 Å². The van der Waals surface area contributed by atoms with Crippen molar-refractivity contribution in [3.63, 3.8) is 0 Å². The van der Waals surface area contributed by atoms with E-state index in [0.29, 0.717) is 12.3 Å². The van der Waals surface area contributed by atoms with Crippen LogP contribution in [0.3, 0.4) is 0 Å². The second kappa shape index (κ2) is 4.11. The maximum absolute atomic E-state index is 12.5. The van der Waals surface area contributed by atoms with Gasteiger partial charge in [0, 0.05) is 5.54 Å². The van der Waals surface area contributed by atoms with E-state index in [1.165, 1.54) is 0 Å². The molecule has 4 saturated carbocycles. The van der Waals surface area contributed by atoms with E-state index < -0.39 is 12.0 Å². The standard InChI is InChI=1S/C12H14F3N3O2.ClH/c13-12(14,15)20-11(2-1-3-11)8-18-17-7(19-8)9-4-10(16,5-9)6-9;/h1-6,16H2;1H/t9-,10+;. The van der Waals surface area contributed by atoms with Gasteiger partial charge in [-0.05, 0) is 38.5 Å². The first-order chi connectivity index (χ1) is 9.25. The van der Waals surface area contributed by atoms with Gasteiger partial charge >= 0.3 is 6.36 Å². The molecule has 9 heteroatoms. The van der Waals surface area contributed by atoms with Crippen molar-refractivity contribution in [3.05, 3.63) is 11.8 Å². The molecule has 0 saturated heterocycles. The highest BCUT2D eigenvalue weighted by molar-refractivity contribution is 5.85. The van der Waals surface area contributed by atoms with Crippen LogP contribution in [0.4, 0.5) is 13.2 Å². The number of rotatable bonds is 3.